The van der Waals surface area contributed by atoms with E-state index in [-0.39, 0.29) is 48.3 Å². The van der Waals surface area contributed by atoms with Crippen molar-refractivity contribution < 1.29 is 21.6 Å². The molecule has 0 saturated carbocycles. The number of benzene rings is 2. The second-order valence-corrected chi connectivity index (χ2v) is 11.6. The summed E-state index contributed by atoms with van der Waals surface area (Å²) in [6.45, 7) is 2.42. The first-order valence-corrected chi connectivity index (χ1v) is 13.0. The van der Waals surface area contributed by atoms with Gasteiger partial charge in [0.2, 0.25) is 15.9 Å². The lowest BCUT2D eigenvalue weighted by molar-refractivity contribution is -0.131. The van der Waals surface area contributed by atoms with E-state index in [1.54, 1.807) is 30.0 Å². The number of carbonyl (C=O) groups is 1. The van der Waals surface area contributed by atoms with Crippen LogP contribution in [0, 0.1) is 6.92 Å². The Morgan fingerprint density at radius 2 is 1.63 bits per heavy atom. The van der Waals surface area contributed by atoms with Gasteiger partial charge in [0.25, 0.3) is 0 Å². The standard InChI is InChI=1S/C20H23ClN2O5S2/c1-15-7-8-17(29(2,25)26)14-19(15)30(27,28)23-11-9-22(10-12-23)20(24)13-16-5-3-4-6-18(16)21/h3-8,14H,9-13H2,1-2H3. The third kappa shape index (κ3) is 4.85. The van der Waals surface area contributed by atoms with E-state index in [1.807, 2.05) is 6.07 Å². The summed E-state index contributed by atoms with van der Waals surface area (Å²) in [5, 5.41) is 0.522. The fraction of sp³-hybridized carbons (Fsp3) is 0.350. The largest absolute Gasteiger partial charge is 0.340 e. The molecule has 30 heavy (non-hydrogen) atoms. The quantitative estimate of drug-likeness (QED) is 0.667. The summed E-state index contributed by atoms with van der Waals surface area (Å²) in [7, 11) is -7.41. The predicted octanol–water partition coefficient (Wildman–Crippen LogP) is 2.13. The van der Waals surface area contributed by atoms with Crippen LogP contribution in [0.1, 0.15) is 11.1 Å². The molecule has 162 valence electrons. The Hall–Kier alpha value is -1.94. The minimum absolute atomic E-state index is 0.0266. The van der Waals surface area contributed by atoms with Gasteiger partial charge < -0.3 is 4.90 Å². The number of halogens is 1. The van der Waals surface area contributed by atoms with Crippen molar-refractivity contribution in [3.8, 4) is 0 Å². The highest BCUT2D eigenvalue weighted by Gasteiger charge is 2.31. The van der Waals surface area contributed by atoms with Gasteiger partial charge in [0.15, 0.2) is 9.84 Å². The Kier molecular flexibility index (Phi) is 6.57. The van der Waals surface area contributed by atoms with Crippen molar-refractivity contribution >= 4 is 37.4 Å². The first-order chi connectivity index (χ1) is 14.0. The monoisotopic (exact) mass is 470 g/mol. The zero-order valence-corrected chi connectivity index (χ0v) is 19.1. The zero-order valence-electron chi connectivity index (χ0n) is 16.7. The molecule has 3 rings (SSSR count). The molecular formula is C20H23ClN2O5S2. The number of piperazine rings is 1. The second kappa shape index (κ2) is 8.66. The van der Waals surface area contributed by atoms with E-state index in [0.29, 0.717) is 10.6 Å². The summed E-state index contributed by atoms with van der Waals surface area (Å²) in [6, 6.07) is 11.2. The van der Waals surface area contributed by atoms with Crippen LogP contribution in [-0.4, -0.2) is 64.4 Å². The van der Waals surface area contributed by atoms with Crippen molar-refractivity contribution in [1.82, 2.24) is 9.21 Å². The lowest BCUT2D eigenvalue weighted by Gasteiger charge is -2.34. The Bertz CT molecular complexity index is 1170. The summed E-state index contributed by atoms with van der Waals surface area (Å²) in [5.41, 5.74) is 1.20. The Morgan fingerprint density at radius 3 is 2.23 bits per heavy atom. The predicted molar refractivity (Wildman–Crippen MR) is 115 cm³/mol. The molecule has 0 atom stereocenters. The first kappa shape index (κ1) is 22.7. The van der Waals surface area contributed by atoms with Gasteiger partial charge in [0.1, 0.15) is 0 Å². The van der Waals surface area contributed by atoms with Crippen LogP contribution in [-0.2, 0) is 31.1 Å². The Balaban J connectivity index is 1.73. The van der Waals surface area contributed by atoms with Crippen LogP contribution in [0.25, 0.3) is 0 Å². The Morgan fingerprint density at radius 1 is 1.00 bits per heavy atom. The van der Waals surface area contributed by atoms with Crippen LogP contribution in [0.2, 0.25) is 5.02 Å². The third-order valence-electron chi connectivity index (χ3n) is 5.10. The Labute approximate surface area is 182 Å². The molecule has 2 aromatic carbocycles. The molecule has 1 saturated heterocycles. The number of sulfone groups is 1. The second-order valence-electron chi connectivity index (χ2n) is 7.25. The topological polar surface area (TPSA) is 91.8 Å². The molecule has 1 amide bonds. The number of carbonyl (C=O) groups excluding carboxylic acids is 1. The number of aryl methyl sites for hydroxylation is 1. The number of amides is 1. The molecule has 0 unspecified atom stereocenters. The van der Waals surface area contributed by atoms with Crippen molar-refractivity contribution in [3.63, 3.8) is 0 Å². The molecule has 1 fully saturated rings. The average molecular weight is 471 g/mol. The molecule has 1 aliphatic rings. The fourth-order valence-corrected chi connectivity index (χ4v) is 5.92. The van der Waals surface area contributed by atoms with Gasteiger partial charge in [-0.05, 0) is 36.2 Å². The van der Waals surface area contributed by atoms with Crippen LogP contribution in [0.4, 0.5) is 0 Å². The zero-order chi connectivity index (χ0) is 22.1. The minimum Gasteiger partial charge on any atom is -0.340 e. The normalized spacial score (nSPS) is 15.9. The van der Waals surface area contributed by atoms with Crippen molar-refractivity contribution in [2.24, 2.45) is 0 Å². The van der Waals surface area contributed by atoms with Gasteiger partial charge >= 0.3 is 0 Å². The lowest BCUT2D eigenvalue weighted by atomic mass is 10.1. The molecule has 0 aliphatic carbocycles. The molecule has 0 spiro atoms. The van der Waals surface area contributed by atoms with Crippen molar-refractivity contribution in [3.05, 3.63) is 58.6 Å². The maximum atomic E-state index is 13.1. The summed E-state index contributed by atoms with van der Waals surface area (Å²) in [6.07, 6.45) is 1.19. The molecular weight excluding hydrogens is 448 g/mol. The van der Waals surface area contributed by atoms with Gasteiger partial charge in [-0.1, -0.05) is 35.9 Å². The van der Waals surface area contributed by atoms with Gasteiger partial charge in [0, 0.05) is 37.5 Å². The highest BCUT2D eigenvalue weighted by molar-refractivity contribution is 7.91. The van der Waals surface area contributed by atoms with E-state index in [2.05, 4.69) is 0 Å². The molecule has 1 heterocycles. The molecule has 1 aliphatic heterocycles. The number of hydrogen-bond donors (Lipinski definition) is 0. The molecule has 0 aromatic heterocycles. The van der Waals surface area contributed by atoms with Gasteiger partial charge in [-0.25, -0.2) is 16.8 Å². The van der Waals surface area contributed by atoms with E-state index >= 15 is 0 Å². The van der Waals surface area contributed by atoms with E-state index in [1.165, 1.54) is 22.5 Å². The van der Waals surface area contributed by atoms with Gasteiger partial charge in [-0.3, -0.25) is 4.79 Å². The first-order valence-electron chi connectivity index (χ1n) is 9.32. The van der Waals surface area contributed by atoms with Crippen LogP contribution in [0.3, 0.4) is 0 Å². The lowest BCUT2D eigenvalue weighted by Crippen LogP contribution is -2.51. The van der Waals surface area contributed by atoms with Crippen molar-refractivity contribution in [2.45, 2.75) is 23.1 Å². The number of nitrogens with zero attached hydrogens (tertiary/aromatic N) is 2. The summed E-state index contributed by atoms with van der Waals surface area (Å²) < 4.78 is 51.2. The molecule has 0 radical (unpaired) electrons. The van der Waals surface area contributed by atoms with Crippen LogP contribution in [0.5, 0.6) is 0 Å². The fourth-order valence-electron chi connectivity index (χ4n) is 3.32. The molecule has 10 heteroatoms. The maximum Gasteiger partial charge on any atom is 0.243 e. The van der Waals surface area contributed by atoms with Crippen LogP contribution >= 0.6 is 11.6 Å². The minimum atomic E-state index is -3.88. The molecule has 7 nitrogen and oxygen atoms in total. The van der Waals surface area contributed by atoms with Crippen molar-refractivity contribution in [2.75, 3.05) is 32.4 Å². The maximum absolute atomic E-state index is 13.1. The van der Waals surface area contributed by atoms with Crippen LogP contribution in [0.15, 0.2) is 52.3 Å². The van der Waals surface area contributed by atoms with Gasteiger partial charge in [-0.2, -0.15) is 4.31 Å². The summed E-state index contributed by atoms with van der Waals surface area (Å²) in [4.78, 5) is 14.1. The smallest absolute Gasteiger partial charge is 0.243 e. The molecule has 0 bridgehead atoms. The number of sulfonamides is 1. The summed E-state index contributed by atoms with van der Waals surface area (Å²) in [5.74, 6) is -0.115. The molecule has 2 aromatic rings. The van der Waals surface area contributed by atoms with Gasteiger partial charge in [-0.15, -0.1) is 0 Å². The third-order valence-corrected chi connectivity index (χ3v) is 8.62. The SMILES string of the molecule is Cc1ccc(S(C)(=O)=O)cc1S(=O)(=O)N1CCN(C(=O)Cc2ccccc2Cl)CC1. The number of rotatable bonds is 5. The van der Waals surface area contributed by atoms with Crippen molar-refractivity contribution in [1.29, 1.82) is 0 Å². The van der Waals surface area contributed by atoms with Gasteiger partial charge in [0.05, 0.1) is 16.2 Å². The van der Waals surface area contributed by atoms with E-state index in [0.717, 1.165) is 11.8 Å². The van der Waals surface area contributed by atoms with E-state index in [4.69, 9.17) is 11.6 Å². The average Bonchev–Trinajstić information content (AvgIpc) is 2.69. The summed E-state index contributed by atoms with van der Waals surface area (Å²) >= 11 is 6.12. The highest BCUT2D eigenvalue weighted by Crippen LogP contribution is 2.25. The number of hydrogen-bond acceptors (Lipinski definition) is 5. The van der Waals surface area contributed by atoms with E-state index in [9.17, 15) is 21.6 Å². The van der Waals surface area contributed by atoms with E-state index < -0.39 is 19.9 Å². The molecule has 0 N–H and O–H groups in total. The highest BCUT2D eigenvalue weighted by atomic mass is 35.5. The van der Waals surface area contributed by atoms with Crippen LogP contribution < -0.4 is 0 Å².